The van der Waals surface area contributed by atoms with Crippen LogP contribution in [0.4, 0.5) is 0 Å². The van der Waals surface area contributed by atoms with Crippen molar-refractivity contribution in [3.63, 3.8) is 0 Å². The molecule has 0 unspecified atom stereocenters. The van der Waals surface area contributed by atoms with Gasteiger partial charge in [0.2, 0.25) is 0 Å². The van der Waals surface area contributed by atoms with E-state index in [0.29, 0.717) is 0 Å². The molecule has 0 amide bonds. The molecule has 0 radical (unpaired) electrons. The zero-order valence-corrected chi connectivity index (χ0v) is 15.6. The van der Waals surface area contributed by atoms with E-state index in [1.165, 1.54) is 42.4 Å². The number of rotatable bonds is 7. The highest BCUT2D eigenvalue weighted by Crippen LogP contribution is 2.34. The van der Waals surface area contributed by atoms with Crippen molar-refractivity contribution >= 4 is 11.3 Å². The molecule has 3 aromatic rings. The molecule has 4 rings (SSSR count). The molecular formula is C22H24N2S. The molecule has 0 N–H and O–H groups in total. The van der Waals surface area contributed by atoms with Crippen molar-refractivity contribution in [1.82, 2.24) is 9.97 Å². The molecule has 1 aliphatic carbocycles. The van der Waals surface area contributed by atoms with Crippen molar-refractivity contribution in [3.8, 4) is 21.8 Å². The zero-order valence-electron chi connectivity index (χ0n) is 14.7. The number of hydrogen-bond acceptors (Lipinski definition) is 3. The third-order valence-electron chi connectivity index (χ3n) is 4.86. The van der Waals surface area contributed by atoms with E-state index in [9.17, 15) is 0 Å². The molecule has 25 heavy (non-hydrogen) atoms. The quantitative estimate of drug-likeness (QED) is 0.510. The fourth-order valence-electron chi connectivity index (χ4n) is 3.16. The summed E-state index contributed by atoms with van der Waals surface area (Å²) >= 11 is 1.71. The number of benzene rings is 1. The first-order valence-electron chi connectivity index (χ1n) is 9.32. The Hall–Kier alpha value is -2.00. The standard InChI is InChI=1S/C22H24N2S/c1-2-3-20-14-19(12-13-23-20)22-24-21(15-25-22)18-10-8-17(9-11-18)7-6-16-4-5-16/h8-16H,2-7H2,1H3. The average molecular weight is 349 g/mol. The van der Waals surface area contributed by atoms with Crippen LogP contribution in [-0.2, 0) is 12.8 Å². The van der Waals surface area contributed by atoms with E-state index in [1.54, 1.807) is 11.3 Å². The predicted octanol–water partition coefficient (Wildman–Crippen LogP) is 6.17. The van der Waals surface area contributed by atoms with Crippen LogP contribution in [0.25, 0.3) is 21.8 Å². The van der Waals surface area contributed by atoms with E-state index in [1.807, 2.05) is 6.20 Å². The Labute approximate surface area is 154 Å². The molecule has 1 aliphatic rings. The molecule has 128 valence electrons. The summed E-state index contributed by atoms with van der Waals surface area (Å²) in [5, 5.41) is 3.24. The molecule has 0 atom stereocenters. The first-order valence-corrected chi connectivity index (χ1v) is 10.2. The van der Waals surface area contributed by atoms with Gasteiger partial charge < -0.3 is 0 Å². The number of pyridine rings is 1. The third-order valence-corrected chi connectivity index (χ3v) is 5.75. The smallest absolute Gasteiger partial charge is 0.124 e. The van der Waals surface area contributed by atoms with E-state index in [2.05, 4.69) is 53.7 Å². The van der Waals surface area contributed by atoms with Crippen LogP contribution in [0.3, 0.4) is 0 Å². The van der Waals surface area contributed by atoms with Crippen molar-refractivity contribution in [2.24, 2.45) is 5.92 Å². The monoisotopic (exact) mass is 348 g/mol. The Balaban J connectivity index is 1.49. The van der Waals surface area contributed by atoms with E-state index in [4.69, 9.17) is 4.98 Å². The lowest BCUT2D eigenvalue weighted by Crippen LogP contribution is -1.89. The van der Waals surface area contributed by atoms with Crippen LogP contribution >= 0.6 is 11.3 Å². The Kier molecular flexibility index (Phi) is 4.93. The molecule has 0 spiro atoms. The number of aryl methyl sites for hydroxylation is 2. The summed E-state index contributed by atoms with van der Waals surface area (Å²) in [5.41, 5.74) is 6.06. The highest BCUT2D eigenvalue weighted by Gasteiger charge is 2.20. The molecule has 0 saturated heterocycles. The van der Waals surface area contributed by atoms with Crippen molar-refractivity contribution in [2.75, 3.05) is 0 Å². The third kappa shape index (κ3) is 4.16. The van der Waals surface area contributed by atoms with Crippen LogP contribution in [-0.4, -0.2) is 9.97 Å². The van der Waals surface area contributed by atoms with E-state index in [-0.39, 0.29) is 0 Å². The van der Waals surface area contributed by atoms with Gasteiger partial charge in [-0.1, -0.05) is 50.5 Å². The summed E-state index contributed by atoms with van der Waals surface area (Å²) in [6.07, 6.45) is 9.48. The fourth-order valence-corrected chi connectivity index (χ4v) is 3.99. The summed E-state index contributed by atoms with van der Waals surface area (Å²) in [7, 11) is 0. The summed E-state index contributed by atoms with van der Waals surface area (Å²) in [4.78, 5) is 9.30. The van der Waals surface area contributed by atoms with Crippen LogP contribution in [0.15, 0.2) is 48.0 Å². The first-order chi connectivity index (χ1) is 12.3. The Morgan fingerprint density at radius 2 is 1.88 bits per heavy atom. The topological polar surface area (TPSA) is 25.8 Å². The number of thiazole rings is 1. The molecule has 2 aromatic heterocycles. The lowest BCUT2D eigenvalue weighted by molar-refractivity contribution is 0.727. The van der Waals surface area contributed by atoms with E-state index in [0.717, 1.165) is 35.2 Å². The van der Waals surface area contributed by atoms with E-state index >= 15 is 0 Å². The van der Waals surface area contributed by atoms with Crippen molar-refractivity contribution < 1.29 is 0 Å². The van der Waals surface area contributed by atoms with Gasteiger partial charge in [0.15, 0.2) is 0 Å². The van der Waals surface area contributed by atoms with Crippen molar-refractivity contribution in [1.29, 1.82) is 0 Å². The molecule has 2 nitrogen and oxygen atoms in total. The van der Waals surface area contributed by atoms with Gasteiger partial charge in [0.1, 0.15) is 5.01 Å². The second kappa shape index (κ2) is 7.49. The molecular weight excluding hydrogens is 324 g/mol. The van der Waals surface area contributed by atoms with Gasteiger partial charge in [0, 0.05) is 28.4 Å². The van der Waals surface area contributed by atoms with Gasteiger partial charge in [-0.05, 0) is 42.9 Å². The summed E-state index contributed by atoms with van der Waals surface area (Å²) in [5.74, 6) is 0.999. The van der Waals surface area contributed by atoms with Gasteiger partial charge in [-0.15, -0.1) is 11.3 Å². The normalized spacial score (nSPS) is 14.0. The highest BCUT2D eigenvalue weighted by atomic mass is 32.1. The second-order valence-corrected chi connectivity index (χ2v) is 7.86. The minimum atomic E-state index is 0.999. The lowest BCUT2D eigenvalue weighted by atomic mass is 10.0. The Morgan fingerprint density at radius 3 is 2.64 bits per heavy atom. The van der Waals surface area contributed by atoms with E-state index < -0.39 is 0 Å². The highest BCUT2D eigenvalue weighted by molar-refractivity contribution is 7.13. The van der Waals surface area contributed by atoms with Gasteiger partial charge >= 0.3 is 0 Å². The molecule has 3 heteroatoms. The maximum Gasteiger partial charge on any atom is 0.124 e. The lowest BCUT2D eigenvalue weighted by Gasteiger charge is -2.02. The Bertz CT molecular complexity index is 831. The van der Waals surface area contributed by atoms with Crippen LogP contribution in [0.2, 0.25) is 0 Å². The van der Waals surface area contributed by atoms with Gasteiger partial charge in [-0.25, -0.2) is 4.98 Å². The van der Waals surface area contributed by atoms with Gasteiger partial charge in [0.05, 0.1) is 5.69 Å². The molecule has 0 aliphatic heterocycles. The van der Waals surface area contributed by atoms with Crippen molar-refractivity contribution in [2.45, 2.75) is 45.4 Å². The SMILES string of the molecule is CCCc1cc(-c2nc(-c3ccc(CCC4CC4)cc3)cs2)ccn1. The number of nitrogens with zero attached hydrogens (tertiary/aromatic N) is 2. The largest absolute Gasteiger partial charge is 0.261 e. The molecule has 1 saturated carbocycles. The second-order valence-electron chi connectivity index (χ2n) is 7.00. The molecule has 2 heterocycles. The predicted molar refractivity (Wildman–Crippen MR) is 106 cm³/mol. The van der Waals surface area contributed by atoms with Crippen molar-refractivity contribution in [3.05, 3.63) is 59.2 Å². The number of aromatic nitrogens is 2. The van der Waals surface area contributed by atoms with Gasteiger partial charge in [-0.2, -0.15) is 0 Å². The summed E-state index contributed by atoms with van der Waals surface area (Å²) in [6, 6.07) is 13.2. The van der Waals surface area contributed by atoms with Gasteiger partial charge in [-0.3, -0.25) is 4.98 Å². The summed E-state index contributed by atoms with van der Waals surface area (Å²) < 4.78 is 0. The maximum atomic E-state index is 4.86. The van der Waals surface area contributed by atoms with Crippen LogP contribution in [0.1, 0.15) is 43.9 Å². The van der Waals surface area contributed by atoms with Crippen LogP contribution in [0, 0.1) is 5.92 Å². The van der Waals surface area contributed by atoms with Gasteiger partial charge in [0.25, 0.3) is 0 Å². The number of hydrogen-bond donors (Lipinski definition) is 0. The maximum absolute atomic E-state index is 4.86. The van der Waals surface area contributed by atoms with Crippen LogP contribution in [0.5, 0.6) is 0 Å². The Morgan fingerprint density at radius 1 is 1.04 bits per heavy atom. The summed E-state index contributed by atoms with van der Waals surface area (Å²) in [6.45, 7) is 2.18. The average Bonchev–Trinajstić information content (AvgIpc) is 3.35. The first kappa shape index (κ1) is 16.5. The molecule has 1 fully saturated rings. The minimum Gasteiger partial charge on any atom is -0.261 e. The fraction of sp³-hybridized carbons (Fsp3) is 0.364. The minimum absolute atomic E-state index is 0.999. The molecule has 1 aromatic carbocycles. The molecule has 0 bridgehead atoms. The zero-order chi connectivity index (χ0) is 17.1. The van der Waals surface area contributed by atoms with Crippen LogP contribution < -0.4 is 0 Å².